The van der Waals surface area contributed by atoms with Crippen molar-refractivity contribution in [2.75, 3.05) is 20.8 Å². The van der Waals surface area contributed by atoms with Crippen molar-refractivity contribution in [2.24, 2.45) is 5.41 Å². The van der Waals surface area contributed by atoms with Crippen LogP contribution in [0.5, 0.6) is 17.2 Å². The third-order valence-corrected chi connectivity index (χ3v) is 5.27. The second kappa shape index (κ2) is 7.26. The highest BCUT2D eigenvalue weighted by Gasteiger charge is 2.39. The number of hydrogen-bond acceptors (Lipinski definition) is 4. The van der Waals surface area contributed by atoms with Crippen molar-refractivity contribution >= 4 is 6.09 Å². The number of benzene rings is 2. The summed E-state index contributed by atoms with van der Waals surface area (Å²) >= 11 is 0. The van der Waals surface area contributed by atoms with Gasteiger partial charge in [-0.2, -0.15) is 0 Å². The lowest BCUT2D eigenvalue weighted by atomic mass is 9.78. The Bertz CT molecular complexity index is 896. The number of carbonyl (C=O) groups is 1. The highest BCUT2D eigenvalue weighted by Crippen LogP contribution is 2.47. The summed E-state index contributed by atoms with van der Waals surface area (Å²) in [7, 11) is 3.28. The predicted octanol–water partition coefficient (Wildman–Crippen LogP) is 4.71. The third kappa shape index (κ3) is 3.46. The maximum Gasteiger partial charge on any atom is 0.405 e. The van der Waals surface area contributed by atoms with Gasteiger partial charge in [0, 0.05) is 16.5 Å². The molecule has 6 heteroatoms. The quantitative estimate of drug-likeness (QED) is 0.797. The van der Waals surface area contributed by atoms with Gasteiger partial charge in [0.1, 0.15) is 17.2 Å². The van der Waals surface area contributed by atoms with Crippen molar-refractivity contribution < 1.29 is 24.1 Å². The molecule has 0 saturated heterocycles. The number of fused-ring (bicyclic) bond motifs is 1. The highest BCUT2D eigenvalue weighted by atomic mass is 16.5. The molecule has 0 bridgehead atoms. The molecule has 0 aromatic heterocycles. The van der Waals surface area contributed by atoms with Crippen LogP contribution in [0.1, 0.15) is 36.6 Å². The van der Waals surface area contributed by atoms with Gasteiger partial charge >= 0.3 is 6.09 Å². The van der Waals surface area contributed by atoms with Crippen LogP contribution in [-0.4, -0.2) is 32.0 Å². The van der Waals surface area contributed by atoms with Crippen LogP contribution in [0.25, 0.3) is 11.1 Å². The average Bonchev–Trinajstić information content (AvgIpc) is 2.62. The first-order valence-electron chi connectivity index (χ1n) is 9.17. The Balaban J connectivity index is 2.16. The van der Waals surface area contributed by atoms with E-state index >= 15 is 0 Å². The Hall–Kier alpha value is -2.89. The van der Waals surface area contributed by atoms with Crippen LogP contribution in [0.15, 0.2) is 24.3 Å². The Kier molecular flexibility index (Phi) is 5.15. The lowest BCUT2D eigenvalue weighted by Gasteiger charge is -2.39. The minimum atomic E-state index is -1.06. The Morgan fingerprint density at radius 1 is 1.14 bits per heavy atom. The molecule has 0 fully saturated rings. The van der Waals surface area contributed by atoms with Gasteiger partial charge in [0.25, 0.3) is 0 Å². The summed E-state index contributed by atoms with van der Waals surface area (Å²) in [5, 5.41) is 11.9. The zero-order valence-electron chi connectivity index (χ0n) is 17.2. The summed E-state index contributed by atoms with van der Waals surface area (Å²) in [6.07, 6.45) is -1.06. The van der Waals surface area contributed by atoms with E-state index in [1.807, 2.05) is 39.8 Å². The molecule has 0 radical (unpaired) electrons. The van der Waals surface area contributed by atoms with Gasteiger partial charge < -0.3 is 24.6 Å². The molecule has 0 spiro atoms. The summed E-state index contributed by atoms with van der Waals surface area (Å²) in [6.45, 7) is 8.38. The highest BCUT2D eigenvalue weighted by molar-refractivity contribution is 5.76. The Morgan fingerprint density at radius 3 is 2.32 bits per heavy atom. The fourth-order valence-corrected chi connectivity index (χ4v) is 3.91. The largest absolute Gasteiger partial charge is 0.496 e. The van der Waals surface area contributed by atoms with Gasteiger partial charge in [0.2, 0.25) is 0 Å². The molecule has 2 aromatic carbocycles. The number of ether oxygens (including phenoxy) is 3. The number of hydrogen-bond donors (Lipinski definition) is 2. The molecule has 150 valence electrons. The molecule has 3 rings (SSSR count). The molecule has 1 heterocycles. The first kappa shape index (κ1) is 19.9. The first-order valence-corrected chi connectivity index (χ1v) is 9.17. The Morgan fingerprint density at radius 2 is 1.79 bits per heavy atom. The molecule has 0 saturated carbocycles. The van der Waals surface area contributed by atoms with Crippen molar-refractivity contribution in [1.29, 1.82) is 0 Å². The molecule has 1 amide bonds. The summed E-state index contributed by atoms with van der Waals surface area (Å²) < 4.78 is 17.1. The SMILES string of the molecule is COc1cc2c(cc1-c1cc(C)c(OC)c(C)c1)OCC(C)(C)C2NC(=O)O. The number of aryl methyl sites for hydroxylation is 2. The maximum absolute atomic E-state index is 11.3. The molecule has 2 N–H and O–H groups in total. The second-order valence-electron chi connectivity index (χ2n) is 7.89. The molecule has 1 unspecified atom stereocenters. The van der Waals surface area contributed by atoms with E-state index in [2.05, 4.69) is 17.4 Å². The molecule has 1 aliphatic heterocycles. The molecule has 2 aromatic rings. The predicted molar refractivity (Wildman–Crippen MR) is 108 cm³/mol. The summed E-state index contributed by atoms with van der Waals surface area (Å²) in [4.78, 5) is 11.3. The van der Waals surface area contributed by atoms with E-state index in [1.54, 1.807) is 14.2 Å². The van der Waals surface area contributed by atoms with Gasteiger partial charge in [-0.25, -0.2) is 4.79 Å². The van der Waals surface area contributed by atoms with Crippen LogP contribution >= 0.6 is 0 Å². The molecule has 1 aliphatic rings. The van der Waals surface area contributed by atoms with Crippen LogP contribution in [0.3, 0.4) is 0 Å². The first-order chi connectivity index (χ1) is 13.2. The summed E-state index contributed by atoms with van der Waals surface area (Å²) in [6, 6.07) is 7.52. The third-order valence-electron chi connectivity index (χ3n) is 5.27. The van der Waals surface area contributed by atoms with Crippen LogP contribution in [0.4, 0.5) is 4.79 Å². The van der Waals surface area contributed by atoms with Gasteiger partial charge in [0.15, 0.2) is 0 Å². The van der Waals surface area contributed by atoms with Gasteiger partial charge in [-0.1, -0.05) is 13.8 Å². The normalized spacial score (nSPS) is 17.3. The van der Waals surface area contributed by atoms with Gasteiger partial charge in [-0.3, -0.25) is 0 Å². The lowest BCUT2D eigenvalue weighted by molar-refractivity contribution is 0.0993. The average molecular weight is 385 g/mol. The second-order valence-corrected chi connectivity index (χ2v) is 7.89. The van der Waals surface area contributed by atoms with E-state index in [1.165, 1.54) is 0 Å². The number of rotatable bonds is 4. The van der Waals surface area contributed by atoms with E-state index < -0.39 is 12.1 Å². The van der Waals surface area contributed by atoms with Crippen LogP contribution in [0.2, 0.25) is 0 Å². The van der Waals surface area contributed by atoms with E-state index in [4.69, 9.17) is 14.2 Å². The summed E-state index contributed by atoms with van der Waals surface area (Å²) in [5.41, 5.74) is 4.34. The zero-order valence-corrected chi connectivity index (χ0v) is 17.2. The van der Waals surface area contributed by atoms with E-state index in [0.717, 1.165) is 33.6 Å². The number of methoxy groups -OCH3 is 2. The molecular weight excluding hydrogens is 358 g/mol. The van der Waals surface area contributed by atoms with Crippen molar-refractivity contribution in [3.8, 4) is 28.4 Å². The van der Waals surface area contributed by atoms with Gasteiger partial charge in [-0.15, -0.1) is 0 Å². The van der Waals surface area contributed by atoms with Crippen molar-refractivity contribution in [1.82, 2.24) is 5.32 Å². The fourth-order valence-electron chi connectivity index (χ4n) is 3.91. The van der Waals surface area contributed by atoms with Crippen molar-refractivity contribution in [3.63, 3.8) is 0 Å². The van der Waals surface area contributed by atoms with Gasteiger partial charge in [-0.05, 0) is 54.8 Å². The van der Waals surface area contributed by atoms with Crippen LogP contribution in [0, 0.1) is 19.3 Å². The van der Waals surface area contributed by atoms with Gasteiger partial charge in [0.05, 0.1) is 26.9 Å². The minimum absolute atomic E-state index is 0.384. The minimum Gasteiger partial charge on any atom is -0.496 e. The number of amides is 1. The monoisotopic (exact) mass is 385 g/mol. The Labute approximate surface area is 165 Å². The number of nitrogens with one attached hydrogen (secondary N) is 1. The molecule has 0 aliphatic carbocycles. The van der Waals surface area contributed by atoms with Crippen molar-refractivity contribution in [3.05, 3.63) is 41.0 Å². The molecular formula is C22H27NO5. The molecule has 6 nitrogen and oxygen atoms in total. The van der Waals surface area contributed by atoms with Crippen LogP contribution in [-0.2, 0) is 0 Å². The van der Waals surface area contributed by atoms with Crippen molar-refractivity contribution in [2.45, 2.75) is 33.7 Å². The fraction of sp³-hybridized carbons (Fsp3) is 0.409. The standard InChI is InChI=1S/C22H27NO5/c1-12-7-14(8-13(2)19(12)27-6)15-9-18-16(10-17(15)26-5)20(23-21(24)25)22(3,4)11-28-18/h7-10,20,23H,11H2,1-6H3,(H,24,25). The topological polar surface area (TPSA) is 77.0 Å². The maximum atomic E-state index is 11.3. The molecule has 1 atom stereocenters. The lowest BCUT2D eigenvalue weighted by Crippen LogP contribution is -2.43. The zero-order chi connectivity index (χ0) is 20.6. The van der Waals surface area contributed by atoms with E-state index in [-0.39, 0.29) is 5.41 Å². The van der Waals surface area contributed by atoms with Crippen LogP contribution < -0.4 is 19.5 Å². The number of carboxylic acid groups (broad SMARTS) is 1. The molecule has 28 heavy (non-hydrogen) atoms. The van der Waals surface area contributed by atoms with E-state index in [9.17, 15) is 9.90 Å². The van der Waals surface area contributed by atoms with E-state index in [0.29, 0.717) is 18.1 Å². The summed E-state index contributed by atoms with van der Waals surface area (Å²) in [5.74, 6) is 2.20. The smallest absolute Gasteiger partial charge is 0.405 e.